The second-order valence-electron chi connectivity index (χ2n) is 9.27. The fourth-order valence-electron chi connectivity index (χ4n) is 4.29. The molecule has 2 heterocycles. The Hall–Kier alpha value is -1.81. The Balaban J connectivity index is 1.58. The van der Waals surface area contributed by atoms with E-state index in [-0.39, 0.29) is 11.7 Å². The van der Waals surface area contributed by atoms with Crippen LogP contribution < -0.4 is 11.0 Å². The summed E-state index contributed by atoms with van der Waals surface area (Å²) in [5.74, 6) is -0.0617. The van der Waals surface area contributed by atoms with E-state index in [0.29, 0.717) is 6.42 Å². The normalized spacial score (nSPS) is 22.2. The van der Waals surface area contributed by atoms with Crippen LogP contribution in [0, 0.1) is 0 Å². The van der Waals surface area contributed by atoms with E-state index < -0.39 is 36.8 Å². The molecule has 0 spiro atoms. The van der Waals surface area contributed by atoms with E-state index in [9.17, 15) is 24.9 Å². The third-order valence-electron chi connectivity index (χ3n) is 6.40. The van der Waals surface area contributed by atoms with Crippen LogP contribution in [0.3, 0.4) is 0 Å². The lowest BCUT2D eigenvalue weighted by Crippen LogP contribution is -2.36. The van der Waals surface area contributed by atoms with Crippen molar-refractivity contribution in [3.63, 3.8) is 0 Å². The number of anilines is 1. The number of rotatable bonds is 17. The van der Waals surface area contributed by atoms with E-state index in [4.69, 9.17) is 4.74 Å². The molecule has 1 aromatic heterocycles. The van der Waals surface area contributed by atoms with Gasteiger partial charge in [-0.15, -0.1) is 0 Å². The van der Waals surface area contributed by atoms with Crippen molar-refractivity contribution in [2.45, 2.75) is 121 Å². The maximum absolute atomic E-state index is 12.3. The standard InChI is InChI=1S/C25H43N3O6/c1-2-3-4-5-6-7-8-9-10-11-12-13-14-15-21(30)26-20-16-17-28(25(33)27-20)24-23(32)22(31)19(18-29)34-24/h16-17,19,22-24,29,31-32H,2-15,18H2,1H3,(H,26,27,30,33)/t19-,22?,23?,24-/m1/s1. The fraction of sp³-hybridized carbons (Fsp3) is 0.800. The zero-order valence-corrected chi connectivity index (χ0v) is 20.5. The van der Waals surface area contributed by atoms with Gasteiger partial charge in [-0.25, -0.2) is 4.79 Å². The summed E-state index contributed by atoms with van der Waals surface area (Å²) in [7, 11) is 0. The number of carbonyl (C=O) groups excluding carboxylic acids is 1. The molecule has 2 rings (SSSR count). The largest absolute Gasteiger partial charge is 0.394 e. The summed E-state index contributed by atoms with van der Waals surface area (Å²) in [6, 6.07) is 1.44. The first-order valence-electron chi connectivity index (χ1n) is 13.0. The van der Waals surface area contributed by atoms with Crippen molar-refractivity contribution in [2.24, 2.45) is 0 Å². The number of aliphatic hydroxyl groups is 3. The molecule has 0 aliphatic carbocycles. The molecule has 0 aromatic carbocycles. The summed E-state index contributed by atoms with van der Waals surface area (Å²) >= 11 is 0. The van der Waals surface area contributed by atoms with Crippen molar-refractivity contribution >= 4 is 11.7 Å². The van der Waals surface area contributed by atoms with Crippen molar-refractivity contribution in [3.8, 4) is 0 Å². The molecule has 4 N–H and O–H groups in total. The zero-order valence-electron chi connectivity index (χ0n) is 20.5. The molecule has 194 valence electrons. The van der Waals surface area contributed by atoms with Gasteiger partial charge in [0.25, 0.3) is 0 Å². The molecule has 1 saturated heterocycles. The maximum Gasteiger partial charge on any atom is 0.351 e. The van der Waals surface area contributed by atoms with Gasteiger partial charge in [-0.05, 0) is 12.5 Å². The number of hydrogen-bond acceptors (Lipinski definition) is 7. The molecule has 9 heteroatoms. The molecule has 9 nitrogen and oxygen atoms in total. The first-order chi connectivity index (χ1) is 16.5. The predicted molar refractivity (Wildman–Crippen MR) is 130 cm³/mol. The average Bonchev–Trinajstić information content (AvgIpc) is 3.10. The monoisotopic (exact) mass is 481 g/mol. The second kappa shape index (κ2) is 16.0. The van der Waals surface area contributed by atoms with Crippen molar-refractivity contribution in [3.05, 3.63) is 22.7 Å². The molecule has 4 atom stereocenters. The molecule has 1 fully saturated rings. The highest BCUT2D eigenvalue weighted by molar-refractivity contribution is 5.89. The average molecular weight is 482 g/mol. The number of aliphatic hydroxyl groups excluding tert-OH is 3. The first-order valence-corrected chi connectivity index (χ1v) is 13.0. The summed E-state index contributed by atoms with van der Waals surface area (Å²) in [6.45, 7) is 1.76. The van der Waals surface area contributed by atoms with Crippen LogP contribution in [0.25, 0.3) is 0 Å². The number of nitrogens with one attached hydrogen (secondary N) is 1. The Morgan fingerprint density at radius 3 is 2.03 bits per heavy atom. The van der Waals surface area contributed by atoms with Gasteiger partial charge in [0, 0.05) is 12.6 Å². The smallest absolute Gasteiger partial charge is 0.351 e. The van der Waals surface area contributed by atoms with Crippen molar-refractivity contribution in [1.29, 1.82) is 0 Å². The Bertz CT molecular complexity index is 771. The Morgan fingerprint density at radius 1 is 0.971 bits per heavy atom. The van der Waals surface area contributed by atoms with Crippen LogP contribution in [0.1, 0.15) is 103 Å². The summed E-state index contributed by atoms with van der Waals surface area (Å²) in [5.41, 5.74) is -0.728. The highest BCUT2D eigenvalue weighted by atomic mass is 16.6. The van der Waals surface area contributed by atoms with E-state index in [1.54, 1.807) is 0 Å². The van der Waals surface area contributed by atoms with Crippen LogP contribution in [0.4, 0.5) is 5.82 Å². The SMILES string of the molecule is CCCCCCCCCCCCCCCC(=O)Nc1ccn([C@@H]2O[C@H](CO)C(O)C2O)c(=O)n1. The third-order valence-corrected chi connectivity index (χ3v) is 6.40. The van der Waals surface area contributed by atoms with E-state index in [0.717, 1.165) is 23.8 Å². The number of aromatic nitrogens is 2. The van der Waals surface area contributed by atoms with Gasteiger partial charge in [-0.3, -0.25) is 9.36 Å². The lowest BCUT2D eigenvalue weighted by atomic mass is 10.0. The minimum absolute atomic E-state index is 0.132. The number of ether oxygens (including phenoxy) is 1. The molecule has 1 aliphatic heterocycles. The Morgan fingerprint density at radius 2 is 1.53 bits per heavy atom. The number of nitrogens with zero attached hydrogens (tertiary/aromatic N) is 2. The van der Waals surface area contributed by atoms with E-state index in [1.807, 2.05) is 0 Å². The molecular formula is C25H43N3O6. The molecule has 34 heavy (non-hydrogen) atoms. The highest BCUT2D eigenvalue weighted by Gasteiger charge is 2.43. The Kier molecular flexibility index (Phi) is 13.4. The summed E-state index contributed by atoms with van der Waals surface area (Å²) < 4.78 is 6.37. The van der Waals surface area contributed by atoms with Crippen LogP contribution in [0.2, 0.25) is 0 Å². The van der Waals surface area contributed by atoms with Gasteiger partial charge >= 0.3 is 5.69 Å². The third kappa shape index (κ3) is 9.44. The first kappa shape index (κ1) is 28.4. The van der Waals surface area contributed by atoms with E-state index in [2.05, 4.69) is 17.2 Å². The summed E-state index contributed by atoms with van der Waals surface area (Å²) in [6.07, 6.45) is 13.1. The van der Waals surface area contributed by atoms with Gasteiger partial charge in [0.2, 0.25) is 5.91 Å². The van der Waals surface area contributed by atoms with Crippen molar-refractivity contribution in [2.75, 3.05) is 11.9 Å². The van der Waals surface area contributed by atoms with Crippen LogP contribution in [-0.2, 0) is 9.53 Å². The predicted octanol–water partition coefficient (Wildman–Crippen LogP) is 3.27. The van der Waals surface area contributed by atoms with Crippen LogP contribution in [0.15, 0.2) is 17.1 Å². The second-order valence-corrected chi connectivity index (χ2v) is 9.27. The lowest BCUT2D eigenvalue weighted by molar-refractivity contribution is -0.116. The fourth-order valence-corrected chi connectivity index (χ4v) is 4.29. The zero-order chi connectivity index (χ0) is 24.8. The molecule has 0 bridgehead atoms. The maximum atomic E-state index is 12.3. The number of unbranched alkanes of at least 4 members (excludes halogenated alkanes) is 12. The van der Waals surface area contributed by atoms with Gasteiger partial charge in [0.15, 0.2) is 6.23 Å². The highest BCUT2D eigenvalue weighted by Crippen LogP contribution is 2.28. The van der Waals surface area contributed by atoms with Gasteiger partial charge in [-0.2, -0.15) is 4.98 Å². The van der Waals surface area contributed by atoms with Crippen LogP contribution in [-0.4, -0.2) is 55.7 Å². The van der Waals surface area contributed by atoms with Crippen LogP contribution in [0.5, 0.6) is 0 Å². The molecule has 0 radical (unpaired) electrons. The topological polar surface area (TPSA) is 134 Å². The van der Waals surface area contributed by atoms with Crippen molar-refractivity contribution < 1.29 is 24.9 Å². The van der Waals surface area contributed by atoms with Crippen molar-refractivity contribution in [1.82, 2.24) is 9.55 Å². The minimum Gasteiger partial charge on any atom is -0.394 e. The number of carbonyl (C=O) groups is 1. The van der Waals surface area contributed by atoms with E-state index >= 15 is 0 Å². The quantitative estimate of drug-likeness (QED) is 0.251. The van der Waals surface area contributed by atoms with Crippen LogP contribution >= 0.6 is 0 Å². The summed E-state index contributed by atoms with van der Waals surface area (Å²) in [4.78, 5) is 28.3. The lowest BCUT2D eigenvalue weighted by Gasteiger charge is -2.17. The Labute approximate surface area is 202 Å². The minimum atomic E-state index is -1.37. The van der Waals surface area contributed by atoms with Gasteiger partial charge < -0.3 is 25.4 Å². The van der Waals surface area contributed by atoms with Gasteiger partial charge in [0.1, 0.15) is 24.1 Å². The molecule has 0 saturated carbocycles. The van der Waals surface area contributed by atoms with Gasteiger partial charge in [-0.1, -0.05) is 84.0 Å². The molecular weight excluding hydrogens is 438 g/mol. The molecule has 2 unspecified atom stereocenters. The summed E-state index contributed by atoms with van der Waals surface area (Å²) in [5, 5.41) is 31.7. The van der Waals surface area contributed by atoms with E-state index in [1.165, 1.54) is 76.5 Å². The molecule has 1 aliphatic rings. The molecule has 1 amide bonds. The van der Waals surface area contributed by atoms with Gasteiger partial charge in [0.05, 0.1) is 6.61 Å². The number of amides is 1. The number of hydrogen-bond donors (Lipinski definition) is 4. The molecule has 1 aromatic rings.